The second-order valence-corrected chi connectivity index (χ2v) is 4.84. The van der Waals surface area contributed by atoms with Crippen LogP contribution in [0.25, 0.3) is 0 Å². The summed E-state index contributed by atoms with van der Waals surface area (Å²) in [5, 5.41) is 8.96. The maximum atomic E-state index is 8.96. The molecule has 2 nitrogen and oxygen atoms in total. The monoisotopic (exact) mass is 217 g/mol. The maximum Gasteiger partial charge on any atom is 0.169 e. The van der Waals surface area contributed by atoms with Crippen molar-refractivity contribution in [3.05, 3.63) is 35.4 Å². The topological polar surface area (TPSA) is 33.0 Å². The summed E-state index contributed by atoms with van der Waals surface area (Å²) >= 11 is 0. The number of ether oxygens (including phenoxy) is 1. The molecule has 0 amide bonds. The van der Waals surface area contributed by atoms with Crippen molar-refractivity contribution in [2.24, 2.45) is 0 Å². The van der Waals surface area contributed by atoms with Gasteiger partial charge in [-0.25, -0.2) is 0 Å². The molecule has 0 bridgehead atoms. The summed E-state index contributed by atoms with van der Waals surface area (Å²) in [4.78, 5) is 0. The van der Waals surface area contributed by atoms with Crippen LogP contribution in [0.4, 0.5) is 0 Å². The molecule has 0 N–H and O–H groups in total. The number of nitrogens with zero attached hydrogens (tertiary/aromatic N) is 1. The van der Waals surface area contributed by atoms with Crippen LogP contribution in [0.15, 0.2) is 24.3 Å². The quantitative estimate of drug-likeness (QED) is 0.775. The van der Waals surface area contributed by atoms with Gasteiger partial charge in [-0.2, -0.15) is 5.26 Å². The Morgan fingerprint density at radius 2 is 1.81 bits per heavy atom. The zero-order valence-corrected chi connectivity index (χ0v) is 10.4. The van der Waals surface area contributed by atoms with E-state index in [1.807, 2.05) is 19.1 Å². The largest absolute Gasteiger partial charge is 0.359 e. The average Bonchev–Trinajstić information content (AvgIpc) is 2.25. The van der Waals surface area contributed by atoms with E-state index in [1.165, 1.54) is 5.56 Å². The Morgan fingerprint density at radius 1 is 1.25 bits per heavy atom. The van der Waals surface area contributed by atoms with Gasteiger partial charge in [0.1, 0.15) is 0 Å². The highest BCUT2D eigenvalue weighted by Gasteiger charge is 2.15. The lowest BCUT2D eigenvalue weighted by molar-refractivity contribution is 0.102. The van der Waals surface area contributed by atoms with Gasteiger partial charge in [0.15, 0.2) is 6.10 Å². The maximum absolute atomic E-state index is 8.96. The van der Waals surface area contributed by atoms with E-state index in [-0.39, 0.29) is 5.41 Å². The first-order chi connectivity index (χ1) is 7.49. The Bertz CT molecular complexity index is 367. The number of hydrogen-bond donors (Lipinski definition) is 0. The SMILES string of the molecule is CCOC(C#N)c1ccc(C(C)(C)C)cc1. The summed E-state index contributed by atoms with van der Waals surface area (Å²) in [5.41, 5.74) is 2.34. The second-order valence-electron chi connectivity index (χ2n) is 4.84. The third kappa shape index (κ3) is 3.08. The molecule has 1 atom stereocenters. The lowest BCUT2D eigenvalue weighted by Crippen LogP contribution is -2.11. The molecular weight excluding hydrogens is 198 g/mol. The zero-order valence-electron chi connectivity index (χ0n) is 10.4. The van der Waals surface area contributed by atoms with Crippen LogP contribution >= 0.6 is 0 Å². The molecule has 0 spiro atoms. The van der Waals surface area contributed by atoms with Crippen molar-refractivity contribution in [2.75, 3.05) is 6.61 Å². The molecule has 0 aliphatic heterocycles. The van der Waals surface area contributed by atoms with Crippen LogP contribution in [-0.2, 0) is 10.2 Å². The normalized spacial score (nSPS) is 13.2. The van der Waals surface area contributed by atoms with Gasteiger partial charge in [-0.05, 0) is 23.5 Å². The Balaban J connectivity index is 2.90. The van der Waals surface area contributed by atoms with E-state index in [2.05, 4.69) is 39.0 Å². The predicted octanol–water partition coefficient (Wildman–Crippen LogP) is 3.59. The van der Waals surface area contributed by atoms with E-state index in [0.29, 0.717) is 6.61 Å². The van der Waals surface area contributed by atoms with E-state index in [4.69, 9.17) is 10.00 Å². The molecule has 1 aromatic carbocycles. The highest BCUT2D eigenvalue weighted by Crippen LogP contribution is 2.24. The van der Waals surface area contributed by atoms with Crippen LogP contribution in [0, 0.1) is 11.3 Å². The van der Waals surface area contributed by atoms with E-state index in [1.54, 1.807) is 0 Å². The molecule has 0 aromatic heterocycles. The van der Waals surface area contributed by atoms with Gasteiger partial charge in [-0.15, -0.1) is 0 Å². The lowest BCUT2D eigenvalue weighted by atomic mass is 9.86. The van der Waals surface area contributed by atoms with Gasteiger partial charge in [0.2, 0.25) is 0 Å². The highest BCUT2D eigenvalue weighted by atomic mass is 16.5. The van der Waals surface area contributed by atoms with Crippen LogP contribution < -0.4 is 0 Å². The van der Waals surface area contributed by atoms with Crippen LogP contribution in [0.2, 0.25) is 0 Å². The first kappa shape index (κ1) is 12.7. The van der Waals surface area contributed by atoms with Crippen LogP contribution in [-0.4, -0.2) is 6.61 Å². The summed E-state index contributed by atoms with van der Waals surface area (Å²) in [6.07, 6.45) is -0.445. The fourth-order valence-electron chi connectivity index (χ4n) is 1.53. The summed E-state index contributed by atoms with van der Waals surface area (Å²) in [6.45, 7) is 8.97. The predicted molar refractivity (Wildman–Crippen MR) is 65.1 cm³/mol. The van der Waals surface area contributed by atoms with Crippen molar-refractivity contribution in [2.45, 2.75) is 39.2 Å². The Morgan fingerprint density at radius 3 is 2.19 bits per heavy atom. The molecular formula is C14H19NO. The molecule has 1 aromatic rings. The highest BCUT2D eigenvalue weighted by molar-refractivity contribution is 5.30. The van der Waals surface area contributed by atoms with Gasteiger partial charge in [0, 0.05) is 6.61 Å². The molecule has 0 fully saturated rings. The van der Waals surface area contributed by atoms with Crippen molar-refractivity contribution in [3.8, 4) is 6.07 Å². The fourth-order valence-corrected chi connectivity index (χ4v) is 1.53. The number of nitriles is 1. The summed E-state index contributed by atoms with van der Waals surface area (Å²) in [7, 11) is 0. The van der Waals surface area contributed by atoms with Crippen molar-refractivity contribution in [1.82, 2.24) is 0 Å². The molecule has 1 rings (SSSR count). The van der Waals surface area contributed by atoms with E-state index in [9.17, 15) is 0 Å². The molecule has 0 saturated carbocycles. The Hall–Kier alpha value is -1.33. The van der Waals surface area contributed by atoms with Crippen molar-refractivity contribution >= 4 is 0 Å². The van der Waals surface area contributed by atoms with E-state index >= 15 is 0 Å². The first-order valence-corrected chi connectivity index (χ1v) is 5.60. The summed E-state index contributed by atoms with van der Waals surface area (Å²) in [5.74, 6) is 0. The van der Waals surface area contributed by atoms with Gasteiger partial charge in [0.25, 0.3) is 0 Å². The van der Waals surface area contributed by atoms with Crippen molar-refractivity contribution < 1.29 is 4.74 Å². The lowest BCUT2D eigenvalue weighted by Gasteiger charge is -2.19. The standard InChI is InChI=1S/C14H19NO/c1-5-16-13(10-15)11-6-8-12(9-7-11)14(2,3)4/h6-9,13H,5H2,1-4H3. The minimum absolute atomic E-state index is 0.145. The Labute approximate surface area is 97.9 Å². The van der Waals surface area contributed by atoms with Crippen molar-refractivity contribution in [3.63, 3.8) is 0 Å². The van der Waals surface area contributed by atoms with Gasteiger partial charge < -0.3 is 4.74 Å². The smallest absolute Gasteiger partial charge is 0.169 e. The number of benzene rings is 1. The zero-order chi connectivity index (χ0) is 12.2. The minimum Gasteiger partial charge on any atom is -0.359 e. The number of rotatable bonds is 3. The molecule has 86 valence electrons. The van der Waals surface area contributed by atoms with Gasteiger partial charge >= 0.3 is 0 Å². The second kappa shape index (κ2) is 5.14. The minimum atomic E-state index is -0.445. The van der Waals surface area contributed by atoms with Crippen molar-refractivity contribution in [1.29, 1.82) is 5.26 Å². The third-order valence-corrected chi connectivity index (χ3v) is 2.53. The molecule has 0 heterocycles. The van der Waals surface area contributed by atoms with Crippen LogP contribution in [0.5, 0.6) is 0 Å². The van der Waals surface area contributed by atoms with E-state index < -0.39 is 6.10 Å². The first-order valence-electron chi connectivity index (χ1n) is 5.60. The van der Waals surface area contributed by atoms with Gasteiger partial charge in [-0.1, -0.05) is 45.0 Å². The summed E-state index contributed by atoms with van der Waals surface area (Å²) in [6, 6.07) is 10.2. The van der Waals surface area contributed by atoms with Crippen LogP contribution in [0.3, 0.4) is 0 Å². The number of hydrogen-bond acceptors (Lipinski definition) is 2. The molecule has 0 aliphatic rings. The Kier molecular flexibility index (Phi) is 4.09. The molecule has 2 heteroatoms. The average molecular weight is 217 g/mol. The fraction of sp³-hybridized carbons (Fsp3) is 0.500. The van der Waals surface area contributed by atoms with Gasteiger partial charge in [-0.3, -0.25) is 0 Å². The van der Waals surface area contributed by atoms with Gasteiger partial charge in [0.05, 0.1) is 6.07 Å². The summed E-state index contributed by atoms with van der Waals surface area (Å²) < 4.78 is 5.34. The third-order valence-electron chi connectivity index (χ3n) is 2.53. The molecule has 0 saturated heterocycles. The molecule has 0 aliphatic carbocycles. The van der Waals surface area contributed by atoms with E-state index in [0.717, 1.165) is 5.56 Å². The van der Waals surface area contributed by atoms with Crippen LogP contribution in [0.1, 0.15) is 44.9 Å². The molecule has 0 radical (unpaired) electrons. The molecule has 1 unspecified atom stereocenters. The molecule has 16 heavy (non-hydrogen) atoms.